The van der Waals surface area contributed by atoms with Crippen molar-refractivity contribution in [2.45, 2.75) is 38.0 Å². The van der Waals surface area contributed by atoms with Crippen LogP contribution in [0.1, 0.15) is 53.9 Å². The van der Waals surface area contributed by atoms with E-state index in [0.717, 1.165) is 26.8 Å². The molecule has 1 fully saturated rings. The van der Waals surface area contributed by atoms with Gasteiger partial charge in [0.2, 0.25) is 0 Å². The largest absolute Gasteiger partial charge is 0.388 e. The normalized spacial score (nSPS) is 15.5. The number of benzene rings is 1. The maximum Gasteiger partial charge on any atom is 0.188 e. The maximum atomic E-state index is 11.9. The number of H-pyrrole nitrogens is 1. The topological polar surface area (TPSA) is 66.0 Å². The summed E-state index contributed by atoms with van der Waals surface area (Å²) >= 11 is 3.63. The first kappa shape index (κ1) is 17.4. The van der Waals surface area contributed by atoms with Crippen molar-refractivity contribution in [3.05, 3.63) is 52.1 Å². The van der Waals surface area contributed by atoms with Crippen molar-refractivity contribution in [3.8, 4) is 11.4 Å². The number of hydrogen-bond donors (Lipinski definition) is 2. The lowest BCUT2D eigenvalue weighted by atomic mass is 9.82. The quantitative estimate of drug-likeness (QED) is 0.577. The SMILES string of the molecule is O=C(CO)c1ccc2c(C3CCCCC3)c(-c3ncccc3Br)[nH]c2c1. The molecule has 2 heterocycles. The Morgan fingerprint density at radius 3 is 2.77 bits per heavy atom. The average molecular weight is 413 g/mol. The Kier molecular flexibility index (Phi) is 4.92. The molecule has 1 aliphatic carbocycles. The van der Waals surface area contributed by atoms with Gasteiger partial charge in [0.15, 0.2) is 5.78 Å². The van der Waals surface area contributed by atoms with Crippen LogP contribution in [0.3, 0.4) is 0 Å². The molecule has 0 unspecified atom stereocenters. The van der Waals surface area contributed by atoms with Gasteiger partial charge in [0.05, 0.1) is 5.69 Å². The molecule has 0 atom stereocenters. The Morgan fingerprint density at radius 2 is 2.04 bits per heavy atom. The number of aliphatic hydroxyl groups excluding tert-OH is 1. The monoisotopic (exact) mass is 412 g/mol. The lowest BCUT2D eigenvalue weighted by molar-refractivity contribution is 0.0904. The van der Waals surface area contributed by atoms with Crippen molar-refractivity contribution < 1.29 is 9.90 Å². The zero-order valence-electron chi connectivity index (χ0n) is 14.5. The molecule has 1 aromatic carbocycles. The minimum absolute atomic E-state index is 0.263. The molecule has 0 spiro atoms. The number of hydrogen-bond acceptors (Lipinski definition) is 3. The molecule has 1 aliphatic rings. The number of nitrogens with zero attached hydrogens (tertiary/aromatic N) is 1. The van der Waals surface area contributed by atoms with Crippen LogP contribution in [-0.4, -0.2) is 27.5 Å². The second-order valence-electron chi connectivity index (χ2n) is 6.92. The van der Waals surface area contributed by atoms with E-state index in [0.29, 0.717) is 11.5 Å². The summed E-state index contributed by atoms with van der Waals surface area (Å²) in [5, 5.41) is 10.3. The van der Waals surface area contributed by atoms with Crippen LogP contribution in [0.15, 0.2) is 41.0 Å². The first-order chi connectivity index (χ1) is 12.7. The van der Waals surface area contributed by atoms with Crippen molar-refractivity contribution >= 4 is 32.6 Å². The second-order valence-corrected chi connectivity index (χ2v) is 7.78. The van der Waals surface area contributed by atoms with Crippen molar-refractivity contribution in [2.75, 3.05) is 6.61 Å². The number of aromatic nitrogens is 2. The van der Waals surface area contributed by atoms with E-state index in [4.69, 9.17) is 5.11 Å². The fraction of sp³-hybridized carbons (Fsp3) is 0.333. The van der Waals surface area contributed by atoms with Gasteiger partial charge < -0.3 is 10.1 Å². The molecule has 4 nitrogen and oxygen atoms in total. The van der Waals surface area contributed by atoms with Crippen LogP contribution in [0.5, 0.6) is 0 Å². The molecule has 2 aromatic heterocycles. The Bertz CT molecular complexity index is 958. The van der Waals surface area contributed by atoms with Gasteiger partial charge in [0, 0.05) is 27.1 Å². The summed E-state index contributed by atoms with van der Waals surface area (Å²) in [4.78, 5) is 20.0. The zero-order valence-corrected chi connectivity index (χ0v) is 16.1. The van der Waals surface area contributed by atoms with Crippen LogP contribution in [0, 0.1) is 0 Å². The predicted octanol–water partition coefficient (Wildman–Crippen LogP) is 5.22. The predicted molar refractivity (Wildman–Crippen MR) is 106 cm³/mol. The number of pyridine rings is 1. The molecule has 0 bridgehead atoms. The van der Waals surface area contributed by atoms with Crippen molar-refractivity contribution in [3.63, 3.8) is 0 Å². The number of halogens is 1. The number of carbonyl (C=O) groups excluding carboxylic acids is 1. The van der Waals surface area contributed by atoms with Crippen LogP contribution in [-0.2, 0) is 0 Å². The Labute approximate surface area is 160 Å². The zero-order chi connectivity index (χ0) is 18.1. The Balaban J connectivity index is 1.93. The van der Waals surface area contributed by atoms with E-state index >= 15 is 0 Å². The Morgan fingerprint density at radius 1 is 1.23 bits per heavy atom. The number of aromatic amines is 1. The van der Waals surface area contributed by atoms with Crippen molar-refractivity contribution in [1.29, 1.82) is 0 Å². The van der Waals surface area contributed by atoms with Gasteiger partial charge in [0.25, 0.3) is 0 Å². The van der Waals surface area contributed by atoms with Crippen molar-refractivity contribution in [1.82, 2.24) is 9.97 Å². The maximum absolute atomic E-state index is 11.9. The highest BCUT2D eigenvalue weighted by Gasteiger charge is 2.25. The number of Topliss-reactive ketones (excluding diaryl/α,β-unsaturated/α-hetero) is 1. The van der Waals surface area contributed by atoms with E-state index in [1.807, 2.05) is 30.3 Å². The van der Waals surface area contributed by atoms with Crippen LogP contribution < -0.4 is 0 Å². The summed E-state index contributed by atoms with van der Waals surface area (Å²) in [7, 11) is 0. The molecule has 0 aliphatic heterocycles. The summed E-state index contributed by atoms with van der Waals surface area (Å²) in [5.41, 5.74) is 4.70. The minimum atomic E-state index is -0.472. The van der Waals surface area contributed by atoms with Crippen LogP contribution >= 0.6 is 15.9 Å². The molecule has 3 aromatic rings. The number of rotatable bonds is 4. The first-order valence-electron chi connectivity index (χ1n) is 9.09. The average Bonchev–Trinajstić information content (AvgIpc) is 3.06. The molecule has 0 radical (unpaired) electrons. The molecule has 134 valence electrons. The third kappa shape index (κ3) is 3.10. The van der Waals surface area contributed by atoms with E-state index in [1.54, 1.807) is 6.20 Å². The standard InChI is InChI=1S/C21H21BrN2O2/c22-16-7-4-10-23-20(16)21-19(13-5-2-1-3-6-13)15-9-8-14(18(26)12-25)11-17(15)24-21/h4,7-11,13,24-25H,1-3,5-6,12H2. The van der Waals surface area contributed by atoms with Crippen LogP contribution in [0.25, 0.3) is 22.3 Å². The molecule has 5 heteroatoms. The number of ketones is 1. The third-order valence-corrected chi connectivity index (χ3v) is 5.95. The van der Waals surface area contributed by atoms with Gasteiger partial charge in [-0.3, -0.25) is 9.78 Å². The molecule has 2 N–H and O–H groups in total. The fourth-order valence-corrected chi connectivity index (χ4v) is 4.51. The highest BCUT2D eigenvalue weighted by molar-refractivity contribution is 9.10. The van der Waals surface area contributed by atoms with Gasteiger partial charge in [-0.25, -0.2) is 0 Å². The van der Waals surface area contributed by atoms with E-state index in [1.165, 1.54) is 37.7 Å². The molecule has 26 heavy (non-hydrogen) atoms. The van der Waals surface area contributed by atoms with Gasteiger partial charge in [-0.15, -0.1) is 0 Å². The summed E-state index contributed by atoms with van der Waals surface area (Å²) < 4.78 is 0.954. The van der Waals surface area contributed by atoms with E-state index in [9.17, 15) is 4.79 Å². The number of carbonyl (C=O) groups is 1. The van der Waals surface area contributed by atoms with Crippen molar-refractivity contribution in [2.24, 2.45) is 0 Å². The molecule has 4 rings (SSSR count). The summed E-state index contributed by atoms with van der Waals surface area (Å²) in [6, 6.07) is 9.59. The van der Waals surface area contributed by atoms with E-state index in [-0.39, 0.29) is 5.78 Å². The second kappa shape index (κ2) is 7.33. The van der Waals surface area contributed by atoms with Crippen LogP contribution in [0.2, 0.25) is 0 Å². The summed E-state index contributed by atoms with van der Waals surface area (Å²) in [6.07, 6.45) is 7.97. The lowest BCUT2D eigenvalue weighted by Crippen LogP contribution is -2.06. The van der Waals surface area contributed by atoms with E-state index in [2.05, 4.69) is 25.9 Å². The molecule has 1 saturated carbocycles. The molecule has 0 amide bonds. The van der Waals surface area contributed by atoms with Gasteiger partial charge >= 0.3 is 0 Å². The van der Waals surface area contributed by atoms with Gasteiger partial charge in [-0.2, -0.15) is 0 Å². The minimum Gasteiger partial charge on any atom is -0.388 e. The molecular weight excluding hydrogens is 392 g/mol. The Hall–Kier alpha value is -1.98. The third-order valence-electron chi connectivity index (χ3n) is 5.31. The van der Waals surface area contributed by atoms with Gasteiger partial charge in [-0.1, -0.05) is 31.4 Å². The van der Waals surface area contributed by atoms with Gasteiger partial charge in [0.1, 0.15) is 12.3 Å². The smallest absolute Gasteiger partial charge is 0.188 e. The summed E-state index contributed by atoms with van der Waals surface area (Å²) in [6.45, 7) is -0.472. The van der Waals surface area contributed by atoms with Crippen LogP contribution in [0.4, 0.5) is 0 Å². The fourth-order valence-electron chi connectivity index (χ4n) is 4.06. The molecule has 0 saturated heterocycles. The number of nitrogens with one attached hydrogen (secondary N) is 1. The van der Waals surface area contributed by atoms with E-state index < -0.39 is 6.61 Å². The number of fused-ring (bicyclic) bond motifs is 1. The molecular formula is C21H21BrN2O2. The number of aliphatic hydroxyl groups is 1. The highest BCUT2D eigenvalue weighted by atomic mass is 79.9. The lowest BCUT2D eigenvalue weighted by Gasteiger charge is -2.23. The first-order valence-corrected chi connectivity index (χ1v) is 9.89. The van der Waals surface area contributed by atoms with Gasteiger partial charge in [-0.05, 0) is 58.5 Å². The highest BCUT2D eigenvalue weighted by Crippen LogP contribution is 2.43. The summed E-state index contributed by atoms with van der Waals surface area (Å²) in [5.74, 6) is 0.238.